The van der Waals surface area contributed by atoms with Crippen molar-refractivity contribution in [1.82, 2.24) is 9.97 Å². The Morgan fingerprint density at radius 1 is 0.776 bits per heavy atom. The molecule has 8 rings (SSSR count). The van der Waals surface area contributed by atoms with Crippen LogP contribution in [0.25, 0.3) is 64.2 Å². The van der Waals surface area contributed by atoms with E-state index in [4.69, 9.17) is 6.35 Å². The Kier molecular flexibility index (Phi) is 9.63. The minimum Gasteiger partial charge on any atom is -0.305 e. The molecule has 5 aromatic carbocycles. The first kappa shape index (κ1) is 33.5. The number of aromatic nitrogens is 2. The average molecular weight is 850 g/mol. The molecule has 3 aromatic heterocycles. The second-order valence-corrected chi connectivity index (χ2v) is 19.9. The number of fused-ring (bicyclic) bond motifs is 7. The summed E-state index contributed by atoms with van der Waals surface area (Å²) in [7, 11) is -1.27. The number of rotatable bonds is 4. The summed E-state index contributed by atoms with van der Waals surface area (Å²) in [6.45, 7) is 15.2. The number of nitrogens with zero attached hydrogens (tertiary/aromatic N) is 2. The first-order valence-electron chi connectivity index (χ1n) is 17.0. The Balaban J connectivity index is 0.000000204. The van der Waals surface area contributed by atoms with Crippen LogP contribution in [0, 0.1) is 26.0 Å². The second-order valence-electron chi connectivity index (χ2n) is 13.9. The molecule has 0 aliphatic heterocycles. The molecule has 0 spiro atoms. The van der Waals surface area contributed by atoms with Crippen molar-refractivity contribution in [2.24, 2.45) is 0 Å². The van der Waals surface area contributed by atoms with Crippen LogP contribution < -0.4 is 5.19 Å². The molecule has 0 atom stereocenters. The van der Waals surface area contributed by atoms with Crippen LogP contribution in [-0.2, 0) is 20.1 Å². The largest absolute Gasteiger partial charge is 0.305 e. The van der Waals surface area contributed by atoms with Gasteiger partial charge in [-0.2, -0.15) is 11.3 Å². The van der Waals surface area contributed by atoms with E-state index in [0.29, 0.717) is 0 Å². The van der Waals surface area contributed by atoms with Crippen molar-refractivity contribution >= 4 is 66.3 Å². The predicted octanol–water partition coefficient (Wildman–Crippen LogP) is 12.1. The maximum atomic E-state index is 8.49. The van der Waals surface area contributed by atoms with E-state index < -0.39 is 14.0 Å². The van der Waals surface area contributed by atoms with Gasteiger partial charge in [0.25, 0.3) is 0 Å². The zero-order valence-electron chi connectivity index (χ0n) is 30.0. The van der Waals surface area contributed by atoms with Crippen molar-refractivity contribution in [2.75, 3.05) is 0 Å². The first-order chi connectivity index (χ1) is 23.4. The van der Waals surface area contributed by atoms with Crippen LogP contribution in [0.5, 0.6) is 0 Å². The molecule has 0 saturated carbocycles. The maximum Gasteiger partial charge on any atom is 0.0798 e. The summed E-state index contributed by atoms with van der Waals surface area (Å²) in [6, 6.07) is 40.7. The van der Waals surface area contributed by atoms with Gasteiger partial charge in [0.15, 0.2) is 0 Å². The molecule has 0 fully saturated rings. The predicted molar refractivity (Wildman–Crippen MR) is 211 cm³/mol. The topological polar surface area (TPSA) is 25.8 Å². The Morgan fingerprint density at radius 3 is 2.29 bits per heavy atom. The third kappa shape index (κ3) is 6.91. The van der Waals surface area contributed by atoms with Crippen molar-refractivity contribution in [2.45, 2.75) is 53.2 Å². The minimum atomic E-state index is -1.27. The molecule has 0 unspecified atom stereocenters. The van der Waals surface area contributed by atoms with Gasteiger partial charge in [-0.25, -0.2) is 0 Å². The Hall–Kier alpha value is -3.99. The maximum absolute atomic E-state index is 8.49. The van der Waals surface area contributed by atoms with Gasteiger partial charge in [-0.15, -0.1) is 53.4 Å². The van der Waals surface area contributed by atoms with E-state index in [0.717, 1.165) is 33.5 Å². The van der Waals surface area contributed by atoms with Crippen LogP contribution >= 0.6 is 11.3 Å². The molecular weight excluding hydrogens is 809 g/mol. The van der Waals surface area contributed by atoms with E-state index in [9.17, 15) is 0 Å². The Bertz CT molecular complexity index is 2490. The van der Waals surface area contributed by atoms with Crippen LogP contribution in [0.3, 0.4) is 0 Å². The number of aryl methyl sites for hydroxylation is 2. The fourth-order valence-corrected chi connectivity index (χ4v) is 9.61. The van der Waals surface area contributed by atoms with Gasteiger partial charge in [-0.3, -0.25) is 4.98 Å². The van der Waals surface area contributed by atoms with Crippen LogP contribution in [0.4, 0.5) is 0 Å². The van der Waals surface area contributed by atoms with E-state index in [-0.39, 0.29) is 20.1 Å². The fourth-order valence-electron chi connectivity index (χ4n) is 6.55. The van der Waals surface area contributed by atoms with Crippen molar-refractivity contribution in [3.8, 4) is 22.5 Å². The molecule has 5 heteroatoms. The van der Waals surface area contributed by atoms with Gasteiger partial charge in [-0.1, -0.05) is 122 Å². The SMILES string of the molecule is Cc1cc(-c2[c-]cccc2)ncc1[Si](C)(C)C.[2H]C(C)(C)c1ccnc(-c2[c-]c3ccccc3c3c2sc2c4ccc(C)cc4ccc23)c1.[Ir]. The molecule has 0 bridgehead atoms. The fraction of sp³-hybridized carbons (Fsp3) is 0.182. The number of hydrogen-bond acceptors (Lipinski definition) is 3. The first-order valence-corrected chi connectivity index (χ1v) is 20.8. The van der Waals surface area contributed by atoms with E-state index in [1.165, 1.54) is 52.6 Å². The van der Waals surface area contributed by atoms with Crippen LogP contribution in [0.2, 0.25) is 19.6 Å². The third-order valence-corrected chi connectivity index (χ3v) is 12.4. The Morgan fingerprint density at radius 2 is 1.55 bits per heavy atom. The molecule has 8 aromatic rings. The Labute approximate surface area is 310 Å². The van der Waals surface area contributed by atoms with E-state index in [1.54, 1.807) is 0 Å². The number of hydrogen-bond donors (Lipinski definition) is 0. The summed E-state index contributed by atoms with van der Waals surface area (Å²) in [4.78, 5) is 9.30. The second kappa shape index (κ2) is 14.1. The summed E-state index contributed by atoms with van der Waals surface area (Å²) in [6.07, 6.45) is 3.87. The molecule has 247 valence electrons. The van der Waals surface area contributed by atoms with Gasteiger partial charge >= 0.3 is 0 Å². The zero-order valence-corrected chi connectivity index (χ0v) is 33.2. The number of benzene rings is 5. The molecule has 0 N–H and O–H groups in total. The number of pyridine rings is 2. The normalized spacial score (nSPS) is 12.1. The smallest absolute Gasteiger partial charge is 0.0798 e. The molecule has 0 aliphatic carbocycles. The van der Waals surface area contributed by atoms with Gasteiger partial charge in [0.05, 0.1) is 8.07 Å². The summed E-state index contributed by atoms with van der Waals surface area (Å²) in [5.41, 5.74) is 7.57. The molecule has 49 heavy (non-hydrogen) atoms. The van der Waals surface area contributed by atoms with Crippen molar-refractivity contribution in [1.29, 1.82) is 0 Å². The minimum absolute atomic E-state index is 0. The van der Waals surface area contributed by atoms with Crippen LogP contribution in [0.1, 0.15) is 37.8 Å². The van der Waals surface area contributed by atoms with Crippen molar-refractivity contribution in [3.63, 3.8) is 0 Å². The number of thiophene rings is 1. The monoisotopic (exact) mass is 850 g/mol. The molecule has 0 aliphatic rings. The van der Waals surface area contributed by atoms with Gasteiger partial charge in [0.2, 0.25) is 0 Å². The van der Waals surface area contributed by atoms with E-state index in [1.807, 2.05) is 55.6 Å². The van der Waals surface area contributed by atoms with Crippen LogP contribution in [0.15, 0.2) is 109 Å². The third-order valence-electron chi connectivity index (χ3n) is 9.01. The zero-order chi connectivity index (χ0) is 34.5. The standard InChI is InChI=1S/C29H22NS.C15H18NSi.Ir/c1-17(2)19-12-13-30-26(16-19)25-15-20-6-4-5-7-22(20)27-24-11-9-21-14-18(3)8-10-23(21)28(24)31-29(25)27;1-12-10-14(13-8-6-5-7-9-13)16-11-15(12)17(2,3)4;/h4-14,16-17H,1-3H3;5-8,10-11H,1-4H3;/q2*-1;/i17D;;. The molecule has 3 heterocycles. The van der Waals surface area contributed by atoms with Gasteiger partial charge in [0.1, 0.15) is 0 Å². The molecule has 0 amide bonds. The van der Waals surface area contributed by atoms with Crippen molar-refractivity contribution in [3.05, 3.63) is 138 Å². The average Bonchev–Trinajstić information content (AvgIpc) is 3.48. The van der Waals surface area contributed by atoms with Crippen LogP contribution in [-0.4, -0.2) is 18.0 Å². The molecule has 0 saturated heterocycles. The van der Waals surface area contributed by atoms with Crippen molar-refractivity contribution < 1.29 is 21.5 Å². The van der Waals surface area contributed by atoms with Gasteiger partial charge in [-0.05, 0) is 63.1 Å². The van der Waals surface area contributed by atoms with Gasteiger partial charge < -0.3 is 4.98 Å². The summed E-state index contributed by atoms with van der Waals surface area (Å²) >= 11 is 1.83. The quantitative estimate of drug-likeness (QED) is 0.130. The molecular formula is C44H40IrN2SSi-2. The summed E-state index contributed by atoms with van der Waals surface area (Å²) < 4.78 is 11.0. The summed E-state index contributed by atoms with van der Waals surface area (Å²) in [5, 5.41) is 8.88. The summed E-state index contributed by atoms with van der Waals surface area (Å²) in [5.74, 6) is -0.679. The van der Waals surface area contributed by atoms with E-state index >= 15 is 0 Å². The molecule has 1 radical (unpaired) electrons. The van der Waals surface area contributed by atoms with Gasteiger partial charge in [0, 0.05) is 44.3 Å². The molecule has 2 nitrogen and oxygen atoms in total. The van der Waals surface area contributed by atoms with E-state index in [2.05, 4.69) is 130 Å².